The van der Waals surface area contributed by atoms with Crippen LogP contribution in [0.2, 0.25) is 0 Å². The number of rotatable bonds is 4. The Morgan fingerprint density at radius 2 is 2.09 bits per heavy atom. The van der Waals surface area contributed by atoms with Crippen LogP contribution in [0, 0.1) is 5.92 Å². The summed E-state index contributed by atoms with van der Waals surface area (Å²) in [7, 11) is 1.68. The van der Waals surface area contributed by atoms with E-state index in [1.807, 2.05) is 0 Å². The number of carbonyl (C=O) groups is 1. The van der Waals surface area contributed by atoms with Crippen molar-refractivity contribution < 1.29 is 6.22 Å². The molecule has 0 radical (unpaired) electrons. The van der Waals surface area contributed by atoms with Crippen molar-refractivity contribution in [1.29, 1.82) is 0 Å². The van der Waals surface area contributed by atoms with Gasteiger partial charge in [0.2, 0.25) is 5.91 Å². The fourth-order valence-electron chi connectivity index (χ4n) is 0.796. The zero-order valence-electron chi connectivity index (χ0n) is 7.81. The summed E-state index contributed by atoms with van der Waals surface area (Å²) in [6.45, 7) is 4.34. The molecule has 2 nitrogen and oxygen atoms in total. The first-order valence-corrected chi connectivity index (χ1v) is 3.87. The molecule has 3 heteroatoms. The van der Waals surface area contributed by atoms with Gasteiger partial charge >= 0.3 is 0 Å². The molecule has 0 aliphatic carbocycles. The third-order valence-corrected chi connectivity index (χ3v) is 1.46. The first kappa shape index (κ1) is 13.5. The van der Waals surface area contributed by atoms with Crippen LogP contribution in [0.3, 0.4) is 0 Å². The zero-order chi connectivity index (χ0) is 7.98. The van der Waals surface area contributed by atoms with Gasteiger partial charge in [0.15, 0.2) is 0 Å². The molecule has 70 valence electrons. The molecular formula is C8H22NOP. The van der Waals surface area contributed by atoms with Gasteiger partial charge in [0.05, 0.1) is 0 Å². The lowest BCUT2D eigenvalue weighted by atomic mass is 10.1. The predicted octanol–water partition coefficient (Wildman–Crippen LogP) is 1.86. The zero-order valence-corrected chi connectivity index (χ0v) is 9.23. The third-order valence-electron chi connectivity index (χ3n) is 1.46. The van der Waals surface area contributed by atoms with Gasteiger partial charge in [0, 0.05) is 14.9 Å². The lowest BCUT2D eigenvalue weighted by Crippen LogP contribution is -2.17. The SMILES string of the molecule is CNC(=O)CCCC(C)C.P.[HH]. The molecule has 0 spiro atoms. The smallest absolute Gasteiger partial charge is 0.219 e. The normalized spacial score (nSPS) is 9.09. The van der Waals surface area contributed by atoms with Crippen LogP contribution in [0.25, 0.3) is 0 Å². The molecule has 1 N–H and O–H groups in total. The second-order valence-electron chi connectivity index (χ2n) is 2.96. The highest BCUT2D eigenvalue weighted by molar-refractivity contribution is 6.92. The molecule has 0 aliphatic heterocycles. The van der Waals surface area contributed by atoms with Crippen molar-refractivity contribution in [2.45, 2.75) is 33.1 Å². The van der Waals surface area contributed by atoms with E-state index in [1.54, 1.807) is 7.05 Å². The summed E-state index contributed by atoms with van der Waals surface area (Å²) in [4.78, 5) is 10.7. The third kappa shape index (κ3) is 9.90. The molecule has 11 heavy (non-hydrogen) atoms. The van der Waals surface area contributed by atoms with Crippen LogP contribution in [0.5, 0.6) is 0 Å². The number of nitrogens with one attached hydrogen (secondary N) is 1. The van der Waals surface area contributed by atoms with Gasteiger partial charge in [-0.25, -0.2) is 0 Å². The van der Waals surface area contributed by atoms with Gasteiger partial charge in [-0.3, -0.25) is 4.79 Å². The summed E-state index contributed by atoms with van der Waals surface area (Å²) in [6, 6.07) is 0. The van der Waals surface area contributed by atoms with Gasteiger partial charge in [-0.15, -0.1) is 0 Å². The maximum Gasteiger partial charge on any atom is 0.219 e. The van der Waals surface area contributed by atoms with Gasteiger partial charge in [-0.05, 0) is 12.3 Å². The van der Waals surface area contributed by atoms with E-state index in [9.17, 15) is 4.79 Å². The first-order chi connectivity index (χ1) is 4.66. The highest BCUT2D eigenvalue weighted by Crippen LogP contribution is 2.05. The van der Waals surface area contributed by atoms with Crippen LogP contribution in [0.1, 0.15) is 34.5 Å². The van der Waals surface area contributed by atoms with Crippen LogP contribution in [-0.4, -0.2) is 13.0 Å². The molecule has 0 aromatic rings. The second kappa shape index (κ2) is 8.00. The van der Waals surface area contributed by atoms with Crippen molar-refractivity contribution in [1.82, 2.24) is 5.32 Å². The van der Waals surface area contributed by atoms with E-state index in [4.69, 9.17) is 0 Å². The van der Waals surface area contributed by atoms with E-state index in [-0.39, 0.29) is 17.2 Å². The number of hydrogen-bond donors (Lipinski definition) is 1. The van der Waals surface area contributed by atoms with E-state index in [0.29, 0.717) is 12.3 Å². The van der Waals surface area contributed by atoms with E-state index in [1.165, 1.54) is 0 Å². The summed E-state index contributed by atoms with van der Waals surface area (Å²) in [5, 5.41) is 2.60. The molecule has 0 aromatic carbocycles. The minimum absolute atomic E-state index is 0. The van der Waals surface area contributed by atoms with E-state index in [2.05, 4.69) is 19.2 Å². The topological polar surface area (TPSA) is 29.1 Å². The molecule has 0 bridgehead atoms. The van der Waals surface area contributed by atoms with E-state index >= 15 is 0 Å². The van der Waals surface area contributed by atoms with Crippen molar-refractivity contribution in [2.75, 3.05) is 7.05 Å². The van der Waals surface area contributed by atoms with Crippen molar-refractivity contribution in [3.8, 4) is 0 Å². The summed E-state index contributed by atoms with van der Waals surface area (Å²) >= 11 is 0. The van der Waals surface area contributed by atoms with Gasteiger partial charge in [-0.2, -0.15) is 9.90 Å². The largest absolute Gasteiger partial charge is 0.359 e. The van der Waals surface area contributed by atoms with Gasteiger partial charge in [-0.1, -0.05) is 20.3 Å². The summed E-state index contributed by atoms with van der Waals surface area (Å²) in [5.41, 5.74) is 0. The Morgan fingerprint density at radius 1 is 1.55 bits per heavy atom. The quantitative estimate of drug-likeness (QED) is 0.656. The fourth-order valence-corrected chi connectivity index (χ4v) is 0.796. The Bertz CT molecular complexity index is 109. The van der Waals surface area contributed by atoms with Crippen molar-refractivity contribution >= 4 is 15.8 Å². The molecule has 0 saturated heterocycles. The van der Waals surface area contributed by atoms with Crippen molar-refractivity contribution in [3.05, 3.63) is 0 Å². The molecule has 0 aromatic heterocycles. The van der Waals surface area contributed by atoms with E-state index < -0.39 is 0 Å². The lowest BCUT2D eigenvalue weighted by Gasteiger charge is -2.02. The average molecular weight is 179 g/mol. The van der Waals surface area contributed by atoms with Crippen LogP contribution in [-0.2, 0) is 4.79 Å². The summed E-state index contributed by atoms with van der Waals surface area (Å²) in [6.07, 6.45) is 2.83. The average Bonchev–Trinajstić information content (AvgIpc) is 1.87. The van der Waals surface area contributed by atoms with Crippen LogP contribution in [0.4, 0.5) is 0 Å². The maximum absolute atomic E-state index is 10.7. The van der Waals surface area contributed by atoms with E-state index in [0.717, 1.165) is 12.8 Å². The number of amides is 1. The standard InChI is InChI=1S/C8H17NO.H3P.H2/c1-7(2)5-4-6-8(10)9-3;;/h7H,4-6H2,1-3H3,(H,9,10);1H3;1H. The second-order valence-corrected chi connectivity index (χ2v) is 2.96. The minimum Gasteiger partial charge on any atom is -0.359 e. The molecule has 1 unspecified atom stereocenters. The monoisotopic (exact) mass is 179 g/mol. The van der Waals surface area contributed by atoms with Gasteiger partial charge in [0.1, 0.15) is 0 Å². The number of hydrogen-bond acceptors (Lipinski definition) is 1. The lowest BCUT2D eigenvalue weighted by molar-refractivity contribution is -0.120. The first-order valence-electron chi connectivity index (χ1n) is 3.87. The Kier molecular flexibility index (Phi) is 9.81. The van der Waals surface area contributed by atoms with Crippen LogP contribution in [0.15, 0.2) is 0 Å². The molecule has 0 aliphatic rings. The molecular weight excluding hydrogens is 157 g/mol. The number of carbonyl (C=O) groups excluding carboxylic acids is 1. The summed E-state index contributed by atoms with van der Waals surface area (Å²) in [5.74, 6) is 0.866. The Hall–Kier alpha value is -0.100. The van der Waals surface area contributed by atoms with Crippen LogP contribution >= 0.6 is 9.90 Å². The van der Waals surface area contributed by atoms with Crippen molar-refractivity contribution in [3.63, 3.8) is 0 Å². The molecule has 1 amide bonds. The Balaban J connectivity index is -0.000000405. The van der Waals surface area contributed by atoms with Gasteiger partial charge < -0.3 is 5.32 Å². The molecule has 0 fully saturated rings. The Morgan fingerprint density at radius 3 is 2.45 bits per heavy atom. The highest BCUT2D eigenvalue weighted by Gasteiger charge is 1.98. The molecule has 0 saturated carbocycles. The van der Waals surface area contributed by atoms with Crippen LogP contribution < -0.4 is 5.32 Å². The molecule has 1 atom stereocenters. The van der Waals surface area contributed by atoms with Crippen molar-refractivity contribution in [2.24, 2.45) is 5.92 Å². The molecule has 0 rings (SSSR count). The fraction of sp³-hybridized carbons (Fsp3) is 0.875. The van der Waals surface area contributed by atoms with Gasteiger partial charge in [0.25, 0.3) is 0 Å². The maximum atomic E-state index is 10.7. The predicted molar refractivity (Wildman–Crippen MR) is 56.0 cm³/mol. The Labute approximate surface area is 74.2 Å². The highest BCUT2D eigenvalue weighted by atomic mass is 31.0. The minimum atomic E-state index is 0. The molecule has 0 heterocycles. The summed E-state index contributed by atoms with van der Waals surface area (Å²) < 4.78 is 0.